The van der Waals surface area contributed by atoms with E-state index in [9.17, 15) is 28.1 Å². The van der Waals surface area contributed by atoms with Crippen molar-refractivity contribution in [3.05, 3.63) is 67.7 Å². The van der Waals surface area contributed by atoms with Crippen LogP contribution in [0.3, 0.4) is 0 Å². The third kappa shape index (κ3) is 7.83. The lowest BCUT2D eigenvalue weighted by molar-refractivity contribution is -0.384. The SMILES string of the molecule is CC[C@H](C(=O)NC1CCCC1)N(Cc1ccc(Cl)c(Cl)c1)C(=O)CN(c1cc([N+](=O)[O-])ccc1C)S(C)(=O)=O. The molecular weight excluding hydrogens is 567 g/mol. The highest BCUT2D eigenvalue weighted by atomic mass is 35.5. The zero-order valence-corrected chi connectivity index (χ0v) is 24.4. The van der Waals surface area contributed by atoms with Crippen LogP contribution in [0.4, 0.5) is 11.4 Å². The number of aryl methyl sites for hydroxylation is 1. The summed E-state index contributed by atoms with van der Waals surface area (Å²) in [6.45, 7) is 2.68. The molecule has 212 valence electrons. The molecule has 0 aromatic heterocycles. The molecule has 1 N–H and O–H groups in total. The number of benzene rings is 2. The smallest absolute Gasteiger partial charge is 0.271 e. The van der Waals surface area contributed by atoms with Crippen molar-refractivity contribution in [2.75, 3.05) is 17.1 Å². The van der Waals surface area contributed by atoms with Crippen LogP contribution in [0, 0.1) is 17.0 Å². The van der Waals surface area contributed by atoms with Gasteiger partial charge in [-0.15, -0.1) is 0 Å². The number of nitro benzene ring substituents is 1. The molecule has 39 heavy (non-hydrogen) atoms. The number of hydrogen-bond acceptors (Lipinski definition) is 6. The lowest BCUT2D eigenvalue weighted by Gasteiger charge is -2.33. The van der Waals surface area contributed by atoms with Gasteiger partial charge < -0.3 is 10.2 Å². The fraction of sp³-hybridized carbons (Fsp3) is 0.462. The van der Waals surface area contributed by atoms with Gasteiger partial charge in [-0.3, -0.25) is 24.0 Å². The first-order chi connectivity index (χ1) is 18.3. The highest BCUT2D eigenvalue weighted by molar-refractivity contribution is 7.92. The summed E-state index contributed by atoms with van der Waals surface area (Å²) in [4.78, 5) is 39.3. The van der Waals surface area contributed by atoms with Gasteiger partial charge in [0, 0.05) is 24.7 Å². The molecule has 0 unspecified atom stereocenters. The predicted octanol–water partition coefficient (Wildman–Crippen LogP) is 4.84. The molecule has 0 bridgehead atoms. The Bertz CT molecular complexity index is 1350. The summed E-state index contributed by atoms with van der Waals surface area (Å²) in [5.41, 5.74) is 0.730. The normalized spacial score (nSPS) is 14.6. The molecule has 3 rings (SSSR count). The van der Waals surface area contributed by atoms with Crippen molar-refractivity contribution in [3.8, 4) is 0 Å². The van der Waals surface area contributed by atoms with Crippen molar-refractivity contribution in [3.63, 3.8) is 0 Å². The van der Waals surface area contributed by atoms with E-state index in [0.717, 1.165) is 42.3 Å². The lowest BCUT2D eigenvalue weighted by Crippen LogP contribution is -2.53. The molecule has 10 nitrogen and oxygen atoms in total. The van der Waals surface area contributed by atoms with Crippen LogP contribution in [0.2, 0.25) is 10.0 Å². The number of carbonyl (C=O) groups excluding carboxylic acids is 2. The van der Waals surface area contributed by atoms with Gasteiger partial charge in [0.25, 0.3) is 5.69 Å². The molecule has 1 atom stereocenters. The molecule has 1 aliphatic carbocycles. The Morgan fingerprint density at radius 1 is 1.13 bits per heavy atom. The Labute approximate surface area is 238 Å². The molecule has 2 aromatic rings. The average Bonchev–Trinajstić information content (AvgIpc) is 3.37. The maximum absolute atomic E-state index is 13.8. The van der Waals surface area contributed by atoms with E-state index in [1.54, 1.807) is 32.0 Å². The Balaban J connectivity index is 2.00. The first-order valence-electron chi connectivity index (χ1n) is 12.6. The molecule has 0 radical (unpaired) electrons. The van der Waals surface area contributed by atoms with E-state index >= 15 is 0 Å². The maximum atomic E-state index is 13.8. The Morgan fingerprint density at radius 3 is 2.36 bits per heavy atom. The summed E-state index contributed by atoms with van der Waals surface area (Å²) in [5, 5.41) is 15.0. The van der Waals surface area contributed by atoms with Crippen LogP contribution in [-0.2, 0) is 26.2 Å². The summed E-state index contributed by atoms with van der Waals surface area (Å²) in [6.07, 6.45) is 4.94. The van der Waals surface area contributed by atoms with E-state index in [-0.39, 0.29) is 41.3 Å². The minimum Gasteiger partial charge on any atom is -0.352 e. The largest absolute Gasteiger partial charge is 0.352 e. The quantitative estimate of drug-likeness (QED) is 0.291. The molecule has 2 aromatic carbocycles. The molecule has 2 amide bonds. The summed E-state index contributed by atoms with van der Waals surface area (Å²) in [5.74, 6) is -0.971. The number of nitro groups is 1. The van der Waals surface area contributed by atoms with Crippen LogP contribution >= 0.6 is 23.2 Å². The number of carbonyl (C=O) groups is 2. The first-order valence-corrected chi connectivity index (χ1v) is 15.2. The fourth-order valence-electron chi connectivity index (χ4n) is 4.70. The number of anilines is 1. The van der Waals surface area contributed by atoms with Gasteiger partial charge in [-0.05, 0) is 49.4 Å². The minimum atomic E-state index is -4.04. The Kier molecular flexibility index (Phi) is 10.2. The number of rotatable bonds is 11. The van der Waals surface area contributed by atoms with Crippen LogP contribution in [0.15, 0.2) is 36.4 Å². The number of halogens is 2. The summed E-state index contributed by atoms with van der Waals surface area (Å²) < 4.78 is 26.5. The second kappa shape index (κ2) is 13.0. The van der Waals surface area contributed by atoms with Crippen molar-refractivity contribution in [2.45, 2.75) is 64.6 Å². The van der Waals surface area contributed by atoms with Gasteiger partial charge in [-0.2, -0.15) is 0 Å². The van der Waals surface area contributed by atoms with Crippen LogP contribution in [0.1, 0.15) is 50.2 Å². The van der Waals surface area contributed by atoms with E-state index in [2.05, 4.69) is 5.32 Å². The predicted molar refractivity (Wildman–Crippen MR) is 152 cm³/mol. The van der Waals surface area contributed by atoms with Gasteiger partial charge in [0.15, 0.2) is 0 Å². The van der Waals surface area contributed by atoms with Crippen molar-refractivity contribution in [1.29, 1.82) is 0 Å². The highest BCUT2D eigenvalue weighted by Gasteiger charge is 2.33. The molecule has 0 heterocycles. The Morgan fingerprint density at radius 2 is 1.79 bits per heavy atom. The van der Waals surface area contributed by atoms with Gasteiger partial charge in [0.05, 0.1) is 26.9 Å². The average molecular weight is 600 g/mol. The van der Waals surface area contributed by atoms with Crippen molar-refractivity contribution < 1.29 is 22.9 Å². The molecule has 0 saturated heterocycles. The molecule has 1 aliphatic rings. The minimum absolute atomic E-state index is 0.0120. The van der Waals surface area contributed by atoms with E-state index in [0.29, 0.717) is 16.1 Å². The third-order valence-electron chi connectivity index (χ3n) is 6.78. The second-order valence-corrected chi connectivity index (χ2v) is 12.4. The standard InChI is InChI=1S/C26H32Cl2N4O6S/c1-4-23(26(34)29-19-7-5-6-8-19)30(15-18-10-12-21(27)22(28)13-18)25(33)16-31(39(3,37)38)24-14-20(32(35)36)11-9-17(24)2/h9-14,19,23H,4-8,15-16H2,1-3H3,(H,29,34)/t23-/m1/s1. The first kappa shape index (κ1) is 30.6. The zero-order valence-electron chi connectivity index (χ0n) is 22.0. The van der Waals surface area contributed by atoms with Crippen molar-refractivity contribution in [1.82, 2.24) is 10.2 Å². The summed E-state index contributed by atoms with van der Waals surface area (Å²) in [6, 6.07) is 7.79. The van der Waals surface area contributed by atoms with Crippen LogP contribution in [0.25, 0.3) is 0 Å². The lowest BCUT2D eigenvalue weighted by atomic mass is 10.1. The third-order valence-corrected chi connectivity index (χ3v) is 8.64. The number of nitrogens with zero attached hydrogens (tertiary/aromatic N) is 3. The van der Waals surface area contributed by atoms with Gasteiger partial charge in [0.2, 0.25) is 21.8 Å². The van der Waals surface area contributed by atoms with Gasteiger partial charge in [-0.25, -0.2) is 8.42 Å². The van der Waals surface area contributed by atoms with E-state index in [1.165, 1.54) is 17.0 Å². The topological polar surface area (TPSA) is 130 Å². The number of non-ortho nitro benzene ring substituents is 1. The van der Waals surface area contributed by atoms with Crippen LogP contribution in [-0.4, -0.2) is 54.9 Å². The molecule has 0 aliphatic heterocycles. The van der Waals surface area contributed by atoms with Gasteiger partial charge in [-0.1, -0.05) is 55.1 Å². The zero-order chi connectivity index (χ0) is 28.9. The Hall–Kier alpha value is -2.89. The van der Waals surface area contributed by atoms with Crippen LogP contribution < -0.4 is 9.62 Å². The molecule has 0 spiro atoms. The fourth-order valence-corrected chi connectivity index (χ4v) is 5.92. The highest BCUT2D eigenvalue weighted by Crippen LogP contribution is 2.29. The van der Waals surface area contributed by atoms with Crippen molar-refractivity contribution in [2.24, 2.45) is 0 Å². The van der Waals surface area contributed by atoms with Gasteiger partial charge in [0.1, 0.15) is 12.6 Å². The summed E-state index contributed by atoms with van der Waals surface area (Å²) in [7, 11) is -4.04. The second-order valence-electron chi connectivity index (χ2n) is 9.68. The number of nitrogens with one attached hydrogen (secondary N) is 1. The van der Waals surface area contributed by atoms with Gasteiger partial charge >= 0.3 is 0 Å². The number of hydrogen-bond donors (Lipinski definition) is 1. The van der Waals surface area contributed by atoms with E-state index < -0.39 is 33.4 Å². The molecule has 1 fully saturated rings. The maximum Gasteiger partial charge on any atom is 0.271 e. The van der Waals surface area contributed by atoms with Crippen LogP contribution in [0.5, 0.6) is 0 Å². The number of amides is 2. The number of sulfonamides is 1. The van der Waals surface area contributed by atoms with E-state index in [1.807, 2.05) is 0 Å². The monoisotopic (exact) mass is 598 g/mol. The van der Waals surface area contributed by atoms with E-state index in [4.69, 9.17) is 23.2 Å². The molecule has 13 heteroatoms. The molecular formula is C26H32Cl2N4O6S. The van der Waals surface area contributed by atoms with Crippen molar-refractivity contribution >= 4 is 56.4 Å². The molecule has 1 saturated carbocycles. The summed E-state index contributed by atoms with van der Waals surface area (Å²) >= 11 is 12.2.